The topological polar surface area (TPSA) is 35.5 Å². The molecule has 0 aromatic carbocycles. The zero-order valence-corrected chi connectivity index (χ0v) is 5.66. The number of carbonyl (C=O) groups excluding carboxylic acids is 1. The molecule has 0 bridgehead atoms. The zero-order valence-electron chi connectivity index (χ0n) is 5.66. The molecule has 0 aliphatic carbocycles. The van der Waals surface area contributed by atoms with E-state index in [1.54, 1.807) is 6.08 Å². The molecule has 1 aliphatic rings. The molecule has 0 saturated carbocycles. The Labute approximate surface area is 59.6 Å². The minimum atomic E-state index is -0.684. The first-order valence-electron chi connectivity index (χ1n) is 3.21. The van der Waals surface area contributed by atoms with Gasteiger partial charge >= 0.3 is 0 Å². The highest BCUT2D eigenvalue weighted by Crippen LogP contribution is 2.10. The molecule has 0 radical (unpaired) electrons. The predicted molar refractivity (Wildman–Crippen MR) is 35.5 cm³/mol. The molecule has 10 heavy (non-hydrogen) atoms. The molecule has 3 nitrogen and oxygen atoms in total. The molecule has 0 aromatic heterocycles. The maximum absolute atomic E-state index is 10.1. The Balaban J connectivity index is 2.38. The van der Waals surface area contributed by atoms with Crippen molar-refractivity contribution >= 4 is 6.29 Å². The molecule has 2 atom stereocenters. The van der Waals surface area contributed by atoms with Crippen molar-refractivity contribution in [1.29, 1.82) is 0 Å². The van der Waals surface area contributed by atoms with E-state index in [9.17, 15) is 4.79 Å². The third kappa shape index (κ3) is 1.65. The normalized spacial score (nSPS) is 33.2. The van der Waals surface area contributed by atoms with Crippen molar-refractivity contribution < 1.29 is 14.3 Å². The second kappa shape index (κ2) is 3.49. The van der Waals surface area contributed by atoms with Crippen LogP contribution in [0.15, 0.2) is 12.7 Å². The third-order valence-corrected chi connectivity index (χ3v) is 1.37. The highest BCUT2D eigenvalue weighted by molar-refractivity contribution is 5.54. The van der Waals surface area contributed by atoms with Crippen LogP contribution in [0.5, 0.6) is 0 Å². The fraction of sp³-hybridized carbons (Fsp3) is 0.571. The molecule has 0 aromatic rings. The molecule has 3 heteroatoms. The lowest BCUT2D eigenvalue weighted by Crippen LogP contribution is -2.31. The first-order chi connectivity index (χ1) is 4.86. The predicted octanol–water partition coefficient (Wildman–Crippen LogP) is 0.503. The fourth-order valence-corrected chi connectivity index (χ4v) is 0.825. The van der Waals surface area contributed by atoms with E-state index in [0.29, 0.717) is 12.9 Å². The molecule has 1 saturated heterocycles. The van der Waals surface area contributed by atoms with Crippen LogP contribution in [-0.4, -0.2) is 25.3 Å². The molecule has 1 aliphatic heterocycles. The minimum Gasteiger partial charge on any atom is -0.346 e. The molecular weight excluding hydrogens is 132 g/mol. The van der Waals surface area contributed by atoms with Gasteiger partial charge in [0.1, 0.15) is 0 Å². The molecule has 1 rings (SSSR count). The Morgan fingerprint density at radius 2 is 2.40 bits per heavy atom. The molecule has 2 unspecified atom stereocenters. The van der Waals surface area contributed by atoms with E-state index in [-0.39, 0.29) is 6.10 Å². The van der Waals surface area contributed by atoms with Gasteiger partial charge in [0, 0.05) is 6.42 Å². The first-order valence-corrected chi connectivity index (χ1v) is 3.21. The molecule has 1 heterocycles. The SMILES string of the molecule is C=CC1CCOC(C=O)O1. The van der Waals surface area contributed by atoms with Crippen LogP contribution in [-0.2, 0) is 14.3 Å². The van der Waals surface area contributed by atoms with E-state index in [1.807, 2.05) is 0 Å². The van der Waals surface area contributed by atoms with Gasteiger partial charge in [0.25, 0.3) is 0 Å². The van der Waals surface area contributed by atoms with E-state index < -0.39 is 6.29 Å². The highest BCUT2D eigenvalue weighted by atomic mass is 16.7. The molecule has 0 spiro atoms. The summed E-state index contributed by atoms with van der Waals surface area (Å²) in [6.07, 6.45) is 2.41. The van der Waals surface area contributed by atoms with Crippen molar-refractivity contribution in [2.75, 3.05) is 6.61 Å². The second-order valence-corrected chi connectivity index (χ2v) is 2.07. The Morgan fingerprint density at radius 3 is 3.00 bits per heavy atom. The van der Waals surface area contributed by atoms with Gasteiger partial charge in [-0.05, 0) is 0 Å². The van der Waals surface area contributed by atoms with Crippen LogP contribution in [0.25, 0.3) is 0 Å². The highest BCUT2D eigenvalue weighted by Gasteiger charge is 2.19. The largest absolute Gasteiger partial charge is 0.346 e. The summed E-state index contributed by atoms with van der Waals surface area (Å²) < 4.78 is 10.00. The Hall–Kier alpha value is -0.670. The zero-order chi connectivity index (χ0) is 7.40. The lowest BCUT2D eigenvalue weighted by Gasteiger charge is -2.24. The summed E-state index contributed by atoms with van der Waals surface area (Å²) in [4.78, 5) is 10.1. The summed E-state index contributed by atoms with van der Waals surface area (Å²) in [5.41, 5.74) is 0. The lowest BCUT2D eigenvalue weighted by molar-refractivity contribution is -0.192. The average molecular weight is 142 g/mol. The summed E-state index contributed by atoms with van der Waals surface area (Å²) >= 11 is 0. The number of aldehydes is 1. The number of hydrogen-bond donors (Lipinski definition) is 0. The van der Waals surface area contributed by atoms with Gasteiger partial charge in [0.05, 0.1) is 12.7 Å². The van der Waals surface area contributed by atoms with Crippen LogP contribution in [0.4, 0.5) is 0 Å². The van der Waals surface area contributed by atoms with Gasteiger partial charge in [-0.25, -0.2) is 0 Å². The summed E-state index contributed by atoms with van der Waals surface area (Å²) in [7, 11) is 0. The summed E-state index contributed by atoms with van der Waals surface area (Å²) in [5, 5.41) is 0. The van der Waals surface area contributed by atoms with E-state index in [0.717, 1.165) is 6.42 Å². The minimum absolute atomic E-state index is 0.0241. The van der Waals surface area contributed by atoms with Gasteiger partial charge in [0.2, 0.25) is 6.29 Å². The van der Waals surface area contributed by atoms with E-state index >= 15 is 0 Å². The van der Waals surface area contributed by atoms with Crippen molar-refractivity contribution in [1.82, 2.24) is 0 Å². The quantitative estimate of drug-likeness (QED) is 0.416. The summed E-state index contributed by atoms with van der Waals surface area (Å²) in [6, 6.07) is 0. The van der Waals surface area contributed by atoms with E-state index in [1.165, 1.54) is 0 Å². The van der Waals surface area contributed by atoms with Gasteiger partial charge in [0.15, 0.2) is 6.29 Å². The number of rotatable bonds is 2. The Kier molecular flexibility index (Phi) is 2.59. The van der Waals surface area contributed by atoms with Crippen molar-refractivity contribution in [3.63, 3.8) is 0 Å². The van der Waals surface area contributed by atoms with Crippen LogP contribution in [0.1, 0.15) is 6.42 Å². The monoisotopic (exact) mass is 142 g/mol. The smallest absolute Gasteiger partial charge is 0.215 e. The molecule has 56 valence electrons. The van der Waals surface area contributed by atoms with Gasteiger partial charge in [-0.2, -0.15) is 0 Å². The van der Waals surface area contributed by atoms with Gasteiger partial charge in [-0.1, -0.05) is 6.08 Å². The number of carbonyl (C=O) groups is 1. The average Bonchev–Trinajstić information content (AvgIpc) is 2.05. The van der Waals surface area contributed by atoms with Crippen LogP contribution in [0, 0.1) is 0 Å². The number of ether oxygens (including phenoxy) is 2. The maximum Gasteiger partial charge on any atom is 0.215 e. The van der Waals surface area contributed by atoms with E-state index in [2.05, 4.69) is 6.58 Å². The van der Waals surface area contributed by atoms with Crippen LogP contribution in [0.2, 0.25) is 0 Å². The molecule has 0 N–H and O–H groups in total. The van der Waals surface area contributed by atoms with Gasteiger partial charge < -0.3 is 9.47 Å². The van der Waals surface area contributed by atoms with Gasteiger partial charge in [-0.3, -0.25) is 4.79 Å². The van der Waals surface area contributed by atoms with E-state index in [4.69, 9.17) is 9.47 Å². The molecule has 0 amide bonds. The maximum atomic E-state index is 10.1. The standard InChI is InChI=1S/C7H10O3/c1-2-6-3-4-9-7(5-8)10-6/h2,5-7H,1,3-4H2. The van der Waals surface area contributed by atoms with Crippen molar-refractivity contribution in [3.8, 4) is 0 Å². The van der Waals surface area contributed by atoms with Crippen LogP contribution < -0.4 is 0 Å². The van der Waals surface area contributed by atoms with Crippen molar-refractivity contribution in [3.05, 3.63) is 12.7 Å². The molecule has 1 fully saturated rings. The Bertz CT molecular complexity index is 119. The lowest BCUT2D eigenvalue weighted by atomic mass is 10.2. The van der Waals surface area contributed by atoms with Crippen molar-refractivity contribution in [2.24, 2.45) is 0 Å². The van der Waals surface area contributed by atoms with Crippen molar-refractivity contribution in [2.45, 2.75) is 18.8 Å². The first kappa shape index (κ1) is 7.44. The number of hydrogen-bond acceptors (Lipinski definition) is 3. The fourth-order valence-electron chi connectivity index (χ4n) is 0.825. The third-order valence-electron chi connectivity index (χ3n) is 1.37. The second-order valence-electron chi connectivity index (χ2n) is 2.07. The van der Waals surface area contributed by atoms with Crippen LogP contribution in [0.3, 0.4) is 0 Å². The summed E-state index contributed by atoms with van der Waals surface area (Å²) in [5.74, 6) is 0. The Morgan fingerprint density at radius 1 is 1.60 bits per heavy atom. The van der Waals surface area contributed by atoms with Crippen LogP contribution >= 0.6 is 0 Å². The molecular formula is C7H10O3. The summed E-state index contributed by atoms with van der Waals surface area (Å²) in [6.45, 7) is 4.13. The van der Waals surface area contributed by atoms with Gasteiger partial charge in [-0.15, -0.1) is 6.58 Å².